The van der Waals surface area contributed by atoms with Gasteiger partial charge in [-0.2, -0.15) is 4.98 Å². The molecule has 1 aliphatic heterocycles. The molecule has 8 nitrogen and oxygen atoms in total. The molecule has 3 rings (SSSR count). The number of hydrogen-bond donors (Lipinski definition) is 1. The van der Waals surface area contributed by atoms with Crippen molar-refractivity contribution in [2.45, 2.75) is 25.9 Å². The second-order valence-electron chi connectivity index (χ2n) is 8.34. The van der Waals surface area contributed by atoms with E-state index in [1.165, 1.54) is 5.56 Å². The van der Waals surface area contributed by atoms with E-state index in [-0.39, 0.29) is 11.6 Å². The van der Waals surface area contributed by atoms with Gasteiger partial charge in [0.1, 0.15) is 5.82 Å². The molecule has 8 heteroatoms. The third kappa shape index (κ3) is 5.02. The topological polar surface area (TPSA) is 87.7 Å². The van der Waals surface area contributed by atoms with Crippen molar-refractivity contribution in [3.05, 3.63) is 52.6 Å². The second kappa shape index (κ2) is 8.34. The number of piperazine rings is 1. The quantitative estimate of drug-likeness (QED) is 0.797. The number of nitrogens with zero attached hydrogens (tertiary/aromatic N) is 5. The Kier molecular flexibility index (Phi) is 6.04. The highest BCUT2D eigenvalue weighted by molar-refractivity contribution is 5.85. The molecule has 2 heterocycles. The molecule has 0 bridgehead atoms. The molecule has 1 aromatic carbocycles. The number of rotatable bonds is 5. The summed E-state index contributed by atoms with van der Waals surface area (Å²) in [5, 5.41) is 0. The molecule has 0 atom stereocenters. The molecule has 1 fully saturated rings. The fourth-order valence-electron chi connectivity index (χ4n) is 3.44. The second-order valence-corrected chi connectivity index (χ2v) is 8.34. The lowest BCUT2D eigenvalue weighted by Crippen LogP contribution is -2.57. The van der Waals surface area contributed by atoms with Crippen LogP contribution in [0.2, 0.25) is 0 Å². The van der Waals surface area contributed by atoms with Crippen LogP contribution < -0.4 is 16.3 Å². The monoisotopic (exact) mass is 398 g/mol. The van der Waals surface area contributed by atoms with Crippen molar-refractivity contribution in [2.75, 3.05) is 45.2 Å². The molecule has 1 aliphatic rings. The minimum atomic E-state index is -0.872. The first kappa shape index (κ1) is 21.0. The van der Waals surface area contributed by atoms with Crippen LogP contribution in [0.4, 0.5) is 5.82 Å². The van der Waals surface area contributed by atoms with Gasteiger partial charge in [0.05, 0.1) is 11.2 Å². The molecule has 1 saturated heterocycles. The highest BCUT2D eigenvalue weighted by atomic mass is 16.2. The van der Waals surface area contributed by atoms with Crippen molar-refractivity contribution in [2.24, 2.45) is 5.73 Å². The Bertz CT molecular complexity index is 906. The molecule has 0 saturated carbocycles. The molecular weight excluding hydrogens is 368 g/mol. The van der Waals surface area contributed by atoms with Crippen LogP contribution in [0.1, 0.15) is 19.4 Å². The van der Waals surface area contributed by atoms with E-state index in [0.29, 0.717) is 32.0 Å². The van der Waals surface area contributed by atoms with Crippen LogP contribution in [0.3, 0.4) is 0 Å². The highest BCUT2D eigenvalue weighted by Crippen LogP contribution is 2.15. The highest BCUT2D eigenvalue weighted by Gasteiger charge is 2.30. The predicted octanol–water partition coefficient (Wildman–Crippen LogP) is 0.680. The summed E-state index contributed by atoms with van der Waals surface area (Å²) in [4.78, 5) is 35.1. The summed E-state index contributed by atoms with van der Waals surface area (Å²) in [6.07, 6.45) is 1.76. The van der Waals surface area contributed by atoms with E-state index in [2.05, 4.69) is 9.88 Å². The molecule has 0 spiro atoms. The predicted molar refractivity (Wildman–Crippen MR) is 114 cm³/mol. The van der Waals surface area contributed by atoms with E-state index >= 15 is 0 Å². The molecule has 2 N–H and O–H groups in total. The van der Waals surface area contributed by atoms with Gasteiger partial charge in [0, 0.05) is 38.9 Å². The van der Waals surface area contributed by atoms with E-state index in [1.807, 2.05) is 49.3 Å². The normalized spacial score (nSPS) is 15.1. The van der Waals surface area contributed by atoms with Crippen molar-refractivity contribution in [3.8, 4) is 5.69 Å². The lowest BCUT2D eigenvalue weighted by Gasteiger charge is -2.37. The zero-order valence-corrected chi connectivity index (χ0v) is 17.6. The first-order valence-corrected chi connectivity index (χ1v) is 9.82. The van der Waals surface area contributed by atoms with Gasteiger partial charge in [-0.1, -0.05) is 12.1 Å². The SMILES string of the molecule is CN(C)Cc1ccc(-n2ccc(N3CCN(C(=O)C(C)(C)N)CC3)nc2=O)cc1. The zero-order chi connectivity index (χ0) is 21.2. The summed E-state index contributed by atoms with van der Waals surface area (Å²) < 4.78 is 1.54. The van der Waals surface area contributed by atoms with Crippen molar-refractivity contribution < 1.29 is 4.79 Å². The van der Waals surface area contributed by atoms with Gasteiger partial charge in [0.15, 0.2) is 0 Å². The van der Waals surface area contributed by atoms with Crippen LogP contribution in [0, 0.1) is 0 Å². The van der Waals surface area contributed by atoms with Gasteiger partial charge in [-0.3, -0.25) is 9.36 Å². The summed E-state index contributed by atoms with van der Waals surface area (Å²) >= 11 is 0. The van der Waals surface area contributed by atoms with Crippen LogP contribution in [0.15, 0.2) is 41.3 Å². The maximum Gasteiger partial charge on any atom is 0.354 e. The Morgan fingerprint density at radius 2 is 1.72 bits per heavy atom. The number of aromatic nitrogens is 2. The Morgan fingerprint density at radius 1 is 1.10 bits per heavy atom. The largest absolute Gasteiger partial charge is 0.354 e. The minimum absolute atomic E-state index is 0.0572. The van der Waals surface area contributed by atoms with Crippen LogP contribution in [0.25, 0.3) is 5.69 Å². The maximum absolute atomic E-state index is 12.6. The number of benzene rings is 1. The number of hydrogen-bond acceptors (Lipinski definition) is 6. The molecule has 0 radical (unpaired) electrons. The lowest BCUT2D eigenvalue weighted by atomic mass is 10.0. The average Bonchev–Trinajstić information content (AvgIpc) is 2.67. The van der Waals surface area contributed by atoms with Crippen LogP contribution in [0.5, 0.6) is 0 Å². The Balaban J connectivity index is 1.69. The van der Waals surface area contributed by atoms with E-state index in [0.717, 1.165) is 12.2 Å². The van der Waals surface area contributed by atoms with Crippen LogP contribution >= 0.6 is 0 Å². The summed E-state index contributed by atoms with van der Waals surface area (Å²) in [6.45, 7) is 6.66. The fraction of sp³-hybridized carbons (Fsp3) is 0.476. The maximum atomic E-state index is 12.6. The standard InChI is InChI=1S/C21H30N6O2/c1-21(2,22)19(28)26-13-11-25(12-14-26)18-9-10-27(20(29)23-18)17-7-5-16(6-8-17)15-24(3)4/h5-10H,11-15,22H2,1-4H3. The first-order chi connectivity index (χ1) is 13.6. The molecule has 1 aromatic heterocycles. The van der Waals surface area contributed by atoms with Gasteiger partial charge in [-0.05, 0) is 51.7 Å². The summed E-state index contributed by atoms with van der Waals surface area (Å²) in [5.41, 5.74) is 6.70. The van der Waals surface area contributed by atoms with E-state index in [9.17, 15) is 9.59 Å². The van der Waals surface area contributed by atoms with Crippen molar-refractivity contribution in [1.82, 2.24) is 19.4 Å². The van der Waals surface area contributed by atoms with E-state index in [1.54, 1.807) is 29.5 Å². The smallest absolute Gasteiger partial charge is 0.353 e. The van der Waals surface area contributed by atoms with Crippen LogP contribution in [-0.2, 0) is 11.3 Å². The number of carbonyl (C=O) groups excluding carboxylic acids is 1. The van der Waals surface area contributed by atoms with Crippen molar-refractivity contribution in [1.29, 1.82) is 0 Å². The van der Waals surface area contributed by atoms with E-state index < -0.39 is 5.54 Å². The zero-order valence-electron chi connectivity index (χ0n) is 17.6. The summed E-state index contributed by atoms with van der Waals surface area (Å²) in [7, 11) is 4.04. The molecule has 156 valence electrons. The number of nitrogens with two attached hydrogens (primary N) is 1. The van der Waals surface area contributed by atoms with Gasteiger partial charge >= 0.3 is 5.69 Å². The molecule has 29 heavy (non-hydrogen) atoms. The molecule has 0 unspecified atom stereocenters. The van der Waals surface area contributed by atoms with Crippen LogP contribution in [-0.4, -0.2) is 71.1 Å². The summed E-state index contributed by atoms with van der Waals surface area (Å²) in [5.74, 6) is 0.577. The third-order valence-corrected chi connectivity index (χ3v) is 4.94. The molecular formula is C21H30N6O2. The number of anilines is 1. The lowest BCUT2D eigenvalue weighted by molar-refractivity contribution is -0.136. The van der Waals surface area contributed by atoms with Gasteiger partial charge in [0.25, 0.3) is 0 Å². The molecule has 2 aromatic rings. The number of amides is 1. The van der Waals surface area contributed by atoms with Crippen molar-refractivity contribution >= 4 is 11.7 Å². The third-order valence-electron chi connectivity index (χ3n) is 4.94. The van der Waals surface area contributed by atoms with Gasteiger partial charge < -0.3 is 20.4 Å². The molecule has 1 amide bonds. The van der Waals surface area contributed by atoms with Gasteiger partial charge in [-0.25, -0.2) is 4.79 Å². The Labute approximate surface area is 171 Å². The molecule has 0 aliphatic carbocycles. The first-order valence-electron chi connectivity index (χ1n) is 9.82. The minimum Gasteiger partial charge on any atom is -0.353 e. The Hall–Kier alpha value is -2.71. The Morgan fingerprint density at radius 3 is 2.24 bits per heavy atom. The number of carbonyl (C=O) groups is 1. The average molecular weight is 399 g/mol. The fourth-order valence-corrected chi connectivity index (χ4v) is 3.44. The van der Waals surface area contributed by atoms with Gasteiger partial charge in [-0.15, -0.1) is 0 Å². The van der Waals surface area contributed by atoms with E-state index in [4.69, 9.17) is 5.73 Å². The van der Waals surface area contributed by atoms with Crippen molar-refractivity contribution in [3.63, 3.8) is 0 Å². The summed E-state index contributed by atoms with van der Waals surface area (Å²) in [6, 6.07) is 9.75. The van der Waals surface area contributed by atoms with Gasteiger partial charge in [0.2, 0.25) is 5.91 Å².